The summed E-state index contributed by atoms with van der Waals surface area (Å²) in [6.07, 6.45) is 1.46. The van der Waals surface area contributed by atoms with Crippen LogP contribution >= 0.6 is 0 Å². The lowest BCUT2D eigenvalue weighted by Gasteiger charge is -2.11. The number of nitrogens with one attached hydrogen (secondary N) is 2. The summed E-state index contributed by atoms with van der Waals surface area (Å²) >= 11 is 0. The van der Waals surface area contributed by atoms with Gasteiger partial charge in [0.2, 0.25) is 0 Å². The van der Waals surface area contributed by atoms with Gasteiger partial charge in [-0.2, -0.15) is 0 Å². The highest BCUT2D eigenvalue weighted by Crippen LogP contribution is 2.26. The molecule has 134 valence electrons. The third kappa shape index (κ3) is 4.12. The zero-order valence-electron chi connectivity index (χ0n) is 14.4. The second-order valence-electron chi connectivity index (χ2n) is 5.68. The molecule has 0 atom stereocenters. The second-order valence-corrected chi connectivity index (χ2v) is 7.36. The molecule has 0 aliphatic heterocycles. The number of ether oxygens (including phenoxy) is 1. The molecule has 2 aromatic carbocycles. The van der Waals surface area contributed by atoms with Gasteiger partial charge in [-0.05, 0) is 48.9 Å². The molecule has 1 heterocycles. The van der Waals surface area contributed by atoms with E-state index in [2.05, 4.69) is 15.0 Å². The van der Waals surface area contributed by atoms with Crippen molar-refractivity contribution in [1.29, 1.82) is 0 Å². The fourth-order valence-corrected chi connectivity index (χ4v) is 3.56. The van der Waals surface area contributed by atoms with Gasteiger partial charge >= 0.3 is 0 Å². The first-order chi connectivity index (χ1) is 12.5. The van der Waals surface area contributed by atoms with Gasteiger partial charge in [0.25, 0.3) is 10.0 Å². The Morgan fingerprint density at radius 1 is 1.00 bits per heavy atom. The summed E-state index contributed by atoms with van der Waals surface area (Å²) in [6.45, 7) is 1.85. The standard InChI is InChI=1S/C19H19N3O3S/c1-14-6-5-7-16(12-14)26(23,24)22-15-10-11-19(20-13-15)21-17-8-3-4-9-18(17)25-2/h3-13,22H,1-2H3,(H,20,21). The van der Waals surface area contributed by atoms with Crippen LogP contribution in [0.15, 0.2) is 71.8 Å². The maximum atomic E-state index is 12.4. The van der Waals surface area contributed by atoms with Crippen molar-refractivity contribution in [3.8, 4) is 5.75 Å². The molecule has 0 aliphatic rings. The number of hydrogen-bond donors (Lipinski definition) is 2. The molecule has 7 heteroatoms. The molecule has 0 radical (unpaired) electrons. The van der Waals surface area contributed by atoms with Crippen LogP contribution in [0.2, 0.25) is 0 Å². The highest BCUT2D eigenvalue weighted by Gasteiger charge is 2.14. The van der Waals surface area contributed by atoms with Crippen LogP contribution < -0.4 is 14.8 Å². The summed E-state index contributed by atoms with van der Waals surface area (Å²) < 4.78 is 32.7. The number of rotatable bonds is 6. The van der Waals surface area contributed by atoms with E-state index in [1.54, 1.807) is 37.4 Å². The lowest BCUT2D eigenvalue weighted by atomic mass is 10.2. The molecule has 0 unspecified atom stereocenters. The highest BCUT2D eigenvalue weighted by molar-refractivity contribution is 7.92. The molecule has 3 rings (SSSR count). The summed E-state index contributed by atoms with van der Waals surface area (Å²) in [5.74, 6) is 1.27. The summed E-state index contributed by atoms with van der Waals surface area (Å²) in [5.41, 5.74) is 2.04. The van der Waals surface area contributed by atoms with Crippen LogP contribution in [0.25, 0.3) is 0 Å². The van der Waals surface area contributed by atoms with Crippen LogP contribution in [-0.2, 0) is 10.0 Å². The van der Waals surface area contributed by atoms with Gasteiger partial charge in [0, 0.05) is 0 Å². The van der Waals surface area contributed by atoms with Gasteiger partial charge in [-0.15, -0.1) is 0 Å². The van der Waals surface area contributed by atoms with Crippen molar-refractivity contribution in [2.45, 2.75) is 11.8 Å². The van der Waals surface area contributed by atoms with E-state index in [1.807, 2.05) is 37.3 Å². The minimum Gasteiger partial charge on any atom is -0.495 e. The monoisotopic (exact) mass is 369 g/mol. The van der Waals surface area contributed by atoms with E-state index in [0.717, 1.165) is 11.3 Å². The van der Waals surface area contributed by atoms with Gasteiger partial charge in [0.1, 0.15) is 11.6 Å². The van der Waals surface area contributed by atoms with Gasteiger partial charge in [-0.1, -0.05) is 24.3 Å². The molecule has 0 bridgehead atoms. The number of sulfonamides is 1. The largest absolute Gasteiger partial charge is 0.495 e. The zero-order chi connectivity index (χ0) is 18.6. The van der Waals surface area contributed by atoms with Gasteiger partial charge in [-0.3, -0.25) is 4.72 Å². The Labute approximate surface area is 152 Å². The van der Waals surface area contributed by atoms with Crippen molar-refractivity contribution in [2.24, 2.45) is 0 Å². The predicted octanol–water partition coefficient (Wildman–Crippen LogP) is 3.94. The van der Waals surface area contributed by atoms with E-state index in [4.69, 9.17) is 4.74 Å². The lowest BCUT2D eigenvalue weighted by molar-refractivity contribution is 0.417. The molecule has 0 fully saturated rings. The molecule has 2 N–H and O–H groups in total. The summed E-state index contributed by atoms with van der Waals surface area (Å²) in [4.78, 5) is 4.47. The normalized spacial score (nSPS) is 11.0. The number of methoxy groups -OCH3 is 1. The van der Waals surface area contributed by atoms with Crippen LogP contribution in [0.1, 0.15) is 5.56 Å². The van der Waals surface area contributed by atoms with Gasteiger partial charge in [0.05, 0.1) is 29.6 Å². The topological polar surface area (TPSA) is 80.3 Å². The first kappa shape index (κ1) is 17.8. The highest BCUT2D eigenvalue weighted by atomic mass is 32.2. The Bertz CT molecular complexity index is 1000. The fraction of sp³-hybridized carbons (Fsp3) is 0.105. The van der Waals surface area contributed by atoms with Crippen LogP contribution in [-0.4, -0.2) is 20.5 Å². The number of benzene rings is 2. The minimum atomic E-state index is -3.65. The smallest absolute Gasteiger partial charge is 0.261 e. The molecule has 0 aliphatic carbocycles. The van der Waals surface area contributed by atoms with Crippen LogP contribution in [0.4, 0.5) is 17.2 Å². The van der Waals surface area contributed by atoms with Crippen molar-refractivity contribution in [2.75, 3.05) is 17.1 Å². The van der Waals surface area contributed by atoms with E-state index in [-0.39, 0.29) is 4.90 Å². The molecule has 0 saturated carbocycles. The van der Waals surface area contributed by atoms with Crippen molar-refractivity contribution in [3.63, 3.8) is 0 Å². The van der Waals surface area contributed by atoms with Crippen LogP contribution in [0.5, 0.6) is 5.75 Å². The summed E-state index contributed by atoms with van der Waals surface area (Å²) in [5, 5.41) is 3.14. The number of para-hydroxylation sites is 2. The van der Waals surface area contributed by atoms with E-state index in [1.165, 1.54) is 6.20 Å². The average Bonchev–Trinajstić information content (AvgIpc) is 2.63. The number of nitrogens with zero attached hydrogens (tertiary/aromatic N) is 1. The molecule has 26 heavy (non-hydrogen) atoms. The lowest BCUT2D eigenvalue weighted by Crippen LogP contribution is -2.13. The first-order valence-corrected chi connectivity index (χ1v) is 9.42. The Hall–Kier alpha value is -3.06. The quantitative estimate of drug-likeness (QED) is 0.688. The predicted molar refractivity (Wildman–Crippen MR) is 103 cm³/mol. The van der Waals surface area contributed by atoms with E-state index >= 15 is 0 Å². The number of aromatic nitrogens is 1. The second kappa shape index (κ2) is 7.45. The number of pyridine rings is 1. The van der Waals surface area contributed by atoms with Crippen LogP contribution in [0.3, 0.4) is 0 Å². The first-order valence-electron chi connectivity index (χ1n) is 7.93. The maximum Gasteiger partial charge on any atom is 0.261 e. The van der Waals surface area contributed by atoms with Gasteiger partial charge in [-0.25, -0.2) is 13.4 Å². The molecule has 0 saturated heterocycles. The Balaban J connectivity index is 1.75. The van der Waals surface area contributed by atoms with Gasteiger partial charge < -0.3 is 10.1 Å². The van der Waals surface area contributed by atoms with E-state index in [0.29, 0.717) is 17.3 Å². The van der Waals surface area contributed by atoms with Crippen LogP contribution in [0, 0.1) is 6.92 Å². The molecule has 0 spiro atoms. The Morgan fingerprint density at radius 2 is 1.81 bits per heavy atom. The Morgan fingerprint density at radius 3 is 2.50 bits per heavy atom. The third-order valence-electron chi connectivity index (χ3n) is 3.69. The summed E-state index contributed by atoms with van der Waals surface area (Å²) in [7, 11) is -2.05. The van der Waals surface area contributed by atoms with Crippen molar-refractivity contribution in [3.05, 3.63) is 72.4 Å². The number of anilines is 3. The fourth-order valence-electron chi connectivity index (χ4n) is 2.41. The SMILES string of the molecule is COc1ccccc1Nc1ccc(NS(=O)(=O)c2cccc(C)c2)cn1. The number of hydrogen-bond acceptors (Lipinski definition) is 5. The molecule has 1 aromatic heterocycles. The molecular formula is C19H19N3O3S. The van der Waals surface area contributed by atoms with E-state index < -0.39 is 10.0 Å². The van der Waals surface area contributed by atoms with Crippen molar-refractivity contribution >= 4 is 27.2 Å². The zero-order valence-corrected chi connectivity index (χ0v) is 15.2. The third-order valence-corrected chi connectivity index (χ3v) is 5.06. The number of aryl methyl sites for hydroxylation is 1. The molecule has 6 nitrogen and oxygen atoms in total. The van der Waals surface area contributed by atoms with Crippen molar-refractivity contribution < 1.29 is 13.2 Å². The Kier molecular flexibility index (Phi) is 5.09. The van der Waals surface area contributed by atoms with Gasteiger partial charge in [0.15, 0.2) is 0 Å². The maximum absolute atomic E-state index is 12.4. The molecule has 3 aromatic rings. The van der Waals surface area contributed by atoms with Crippen molar-refractivity contribution in [1.82, 2.24) is 4.98 Å². The average molecular weight is 369 g/mol. The summed E-state index contributed by atoms with van der Waals surface area (Å²) in [6, 6.07) is 17.5. The van der Waals surface area contributed by atoms with E-state index in [9.17, 15) is 8.42 Å². The minimum absolute atomic E-state index is 0.216. The molecule has 0 amide bonds. The molecular weight excluding hydrogens is 350 g/mol.